The van der Waals surface area contributed by atoms with Crippen LogP contribution in [0.2, 0.25) is 0 Å². The molecule has 2 fully saturated rings. The summed E-state index contributed by atoms with van der Waals surface area (Å²) in [6, 6.07) is 3.97. The molecule has 1 N–H and O–H groups in total. The molecule has 4 aromatic heterocycles. The van der Waals surface area contributed by atoms with Crippen LogP contribution in [0.4, 0.5) is 10.2 Å². The molecule has 0 unspecified atom stereocenters. The zero-order valence-corrected chi connectivity index (χ0v) is 24.3. The van der Waals surface area contributed by atoms with E-state index in [1.807, 2.05) is 17.1 Å². The molecule has 11 heteroatoms. The lowest BCUT2D eigenvalue weighted by Crippen LogP contribution is -2.45. The minimum absolute atomic E-state index is 0.0612. The molecule has 0 radical (unpaired) electrons. The van der Waals surface area contributed by atoms with Gasteiger partial charge in [-0.25, -0.2) is 14.4 Å². The number of rotatable bonds is 9. The van der Waals surface area contributed by atoms with Crippen molar-refractivity contribution < 1.29 is 9.13 Å². The Kier molecular flexibility index (Phi) is 8.16. The molecule has 0 atom stereocenters. The Hall–Kier alpha value is -3.57. The van der Waals surface area contributed by atoms with Crippen molar-refractivity contribution in [3.63, 3.8) is 0 Å². The highest BCUT2D eigenvalue weighted by atomic mass is 19.1. The first-order chi connectivity index (χ1) is 20.0. The topological polar surface area (TPSA) is 89.2 Å². The summed E-state index contributed by atoms with van der Waals surface area (Å²) in [5, 5.41) is 14.2. The predicted octanol–water partition coefficient (Wildman–Crippen LogP) is 4.38. The Morgan fingerprint density at radius 3 is 2.63 bits per heavy atom. The van der Waals surface area contributed by atoms with Crippen LogP contribution in [0.15, 0.2) is 36.9 Å². The molecule has 10 nitrogen and oxygen atoms in total. The Morgan fingerprint density at radius 1 is 1.05 bits per heavy atom. The maximum absolute atomic E-state index is 14.5. The van der Waals surface area contributed by atoms with Crippen molar-refractivity contribution >= 4 is 16.7 Å². The number of hydrogen-bond donors (Lipinski definition) is 1. The Balaban J connectivity index is 1.20. The molecule has 1 saturated heterocycles. The average Bonchev–Trinajstić information content (AvgIpc) is 3.60. The van der Waals surface area contributed by atoms with Crippen LogP contribution in [-0.4, -0.2) is 91.7 Å². The van der Waals surface area contributed by atoms with Crippen LogP contribution in [0.1, 0.15) is 44.2 Å². The van der Waals surface area contributed by atoms with E-state index in [-0.39, 0.29) is 23.8 Å². The number of nitrogens with zero attached hydrogens (tertiary/aromatic N) is 8. The van der Waals surface area contributed by atoms with E-state index in [9.17, 15) is 4.39 Å². The number of piperazine rings is 1. The number of nitrogens with one attached hydrogen (secondary N) is 1. The van der Waals surface area contributed by atoms with Crippen LogP contribution < -0.4 is 10.1 Å². The molecule has 0 amide bonds. The summed E-state index contributed by atoms with van der Waals surface area (Å²) in [6.45, 7) is 10.9. The van der Waals surface area contributed by atoms with Crippen molar-refractivity contribution in [2.24, 2.45) is 0 Å². The van der Waals surface area contributed by atoms with Gasteiger partial charge in [-0.15, -0.1) is 0 Å². The third-order valence-corrected chi connectivity index (χ3v) is 8.42. The van der Waals surface area contributed by atoms with Gasteiger partial charge in [-0.1, -0.05) is 0 Å². The second-order valence-corrected chi connectivity index (χ2v) is 11.3. The van der Waals surface area contributed by atoms with Crippen LogP contribution in [0.3, 0.4) is 0 Å². The summed E-state index contributed by atoms with van der Waals surface area (Å²) < 4.78 is 24.6. The van der Waals surface area contributed by atoms with Crippen LogP contribution >= 0.6 is 0 Å². The van der Waals surface area contributed by atoms with Crippen molar-refractivity contribution in [1.29, 1.82) is 0 Å². The fourth-order valence-electron chi connectivity index (χ4n) is 5.89. The van der Waals surface area contributed by atoms with Crippen molar-refractivity contribution in [3.8, 4) is 17.1 Å². The molecular weight excluding hydrogens is 521 g/mol. The molecule has 0 aromatic carbocycles. The minimum Gasteiger partial charge on any atom is -0.472 e. The van der Waals surface area contributed by atoms with Crippen LogP contribution in [0, 0.1) is 12.7 Å². The predicted molar refractivity (Wildman–Crippen MR) is 158 cm³/mol. The molecule has 4 aromatic rings. The second kappa shape index (κ2) is 12.1. The fraction of sp³-hybridized carbons (Fsp3) is 0.533. The standard InChI is InChI=1S/C30H40FN9O/c1-4-32-27-17-26-25(19-34-27)29(22-18-35-39(20-22)16-15-38-13-11-37(3)12-14-38)36-40(26)23-5-7-24(8-6-23)41-30-28(31)21(2)9-10-33-30/h9-10,17-20,23-24H,4-8,11-16H2,1-3H3,(H,32,34). The van der Waals surface area contributed by atoms with Gasteiger partial charge >= 0.3 is 0 Å². The smallest absolute Gasteiger partial charge is 0.250 e. The van der Waals surface area contributed by atoms with E-state index in [4.69, 9.17) is 9.84 Å². The summed E-state index contributed by atoms with van der Waals surface area (Å²) >= 11 is 0. The average molecular weight is 562 g/mol. The quantitative estimate of drug-likeness (QED) is 0.322. The van der Waals surface area contributed by atoms with Gasteiger partial charge in [0.1, 0.15) is 17.6 Å². The Labute approximate surface area is 240 Å². The van der Waals surface area contributed by atoms with Gasteiger partial charge < -0.3 is 15.0 Å². The number of ether oxygens (including phenoxy) is 1. The third kappa shape index (κ3) is 6.06. The van der Waals surface area contributed by atoms with E-state index < -0.39 is 0 Å². The number of pyridine rings is 2. The highest BCUT2D eigenvalue weighted by Crippen LogP contribution is 2.36. The zero-order valence-electron chi connectivity index (χ0n) is 24.3. The monoisotopic (exact) mass is 561 g/mol. The van der Waals surface area contributed by atoms with Gasteiger partial charge in [0.2, 0.25) is 0 Å². The van der Waals surface area contributed by atoms with Gasteiger partial charge in [-0.3, -0.25) is 14.3 Å². The number of aromatic nitrogens is 6. The second-order valence-electron chi connectivity index (χ2n) is 11.3. The van der Waals surface area contributed by atoms with Crippen LogP contribution in [0.25, 0.3) is 22.2 Å². The number of likely N-dealkylation sites (N-methyl/N-ethyl adjacent to an activating group) is 1. The zero-order chi connectivity index (χ0) is 28.3. The van der Waals surface area contributed by atoms with Crippen molar-refractivity contribution in [2.45, 2.75) is 58.2 Å². The maximum atomic E-state index is 14.5. The first kappa shape index (κ1) is 27.6. The van der Waals surface area contributed by atoms with Gasteiger partial charge in [0, 0.05) is 74.9 Å². The first-order valence-corrected chi connectivity index (χ1v) is 14.8. The maximum Gasteiger partial charge on any atom is 0.250 e. The van der Waals surface area contributed by atoms with Gasteiger partial charge in [0.25, 0.3) is 5.88 Å². The lowest BCUT2D eigenvalue weighted by Gasteiger charge is -2.32. The molecule has 41 heavy (non-hydrogen) atoms. The summed E-state index contributed by atoms with van der Waals surface area (Å²) in [4.78, 5) is 13.7. The minimum atomic E-state index is -0.370. The van der Waals surface area contributed by atoms with E-state index in [1.165, 1.54) is 0 Å². The van der Waals surface area contributed by atoms with Gasteiger partial charge in [-0.05, 0) is 58.2 Å². The SMILES string of the molecule is CCNc1cc2c(cn1)c(-c1cnn(CCN3CCN(C)CC3)c1)nn2C1CCC(Oc2nccc(C)c2F)CC1. The molecule has 218 valence electrons. The van der Waals surface area contributed by atoms with Crippen LogP contribution in [0.5, 0.6) is 5.88 Å². The first-order valence-electron chi connectivity index (χ1n) is 14.8. The molecule has 5 heterocycles. The van der Waals surface area contributed by atoms with E-state index in [2.05, 4.69) is 61.1 Å². The fourth-order valence-corrected chi connectivity index (χ4v) is 5.89. The van der Waals surface area contributed by atoms with Crippen molar-refractivity contribution in [3.05, 3.63) is 48.3 Å². The largest absolute Gasteiger partial charge is 0.472 e. The van der Waals surface area contributed by atoms with E-state index in [1.54, 1.807) is 19.2 Å². The summed E-state index contributed by atoms with van der Waals surface area (Å²) in [6.07, 6.45) is 10.9. The molecule has 1 saturated carbocycles. The van der Waals surface area contributed by atoms with E-state index in [0.717, 1.165) is 99.5 Å². The van der Waals surface area contributed by atoms with Gasteiger partial charge in [0.15, 0.2) is 5.82 Å². The van der Waals surface area contributed by atoms with Crippen LogP contribution in [-0.2, 0) is 6.54 Å². The molecule has 0 spiro atoms. The van der Waals surface area contributed by atoms with E-state index in [0.29, 0.717) is 5.56 Å². The molecule has 1 aliphatic carbocycles. The molecular formula is C30H40FN9O. The summed E-state index contributed by atoms with van der Waals surface area (Å²) in [5.74, 6) is 0.574. The number of aryl methyl sites for hydroxylation is 1. The highest BCUT2D eigenvalue weighted by Gasteiger charge is 2.28. The summed E-state index contributed by atoms with van der Waals surface area (Å²) in [5.41, 5.74) is 3.52. The van der Waals surface area contributed by atoms with E-state index >= 15 is 0 Å². The van der Waals surface area contributed by atoms with Gasteiger partial charge in [-0.2, -0.15) is 10.2 Å². The molecule has 0 bridgehead atoms. The normalized spacial score (nSPS) is 20.5. The number of hydrogen-bond acceptors (Lipinski definition) is 8. The molecule has 1 aliphatic heterocycles. The number of halogens is 1. The van der Waals surface area contributed by atoms with Gasteiger partial charge in [0.05, 0.1) is 24.3 Å². The number of anilines is 1. The summed E-state index contributed by atoms with van der Waals surface area (Å²) in [7, 11) is 2.18. The number of fused-ring (bicyclic) bond motifs is 1. The molecule has 6 rings (SSSR count). The highest BCUT2D eigenvalue weighted by molar-refractivity contribution is 5.93. The Bertz CT molecular complexity index is 1470. The third-order valence-electron chi connectivity index (χ3n) is 8.42. The lowest BCUT2D eigenvalue weighted by molar-refractivity contribution is 0.120. The van der Waals surface area contributed by atoms with Crippen molar-refractivity contribution in [1.82, 2.24) is 39.3 Å². The lowest BCUT2D eigenvalue weighted by atomic mass is 9.93. The Morgan fingerprint density at radius 2 is 1.85 bits per heavy atom. The van der Waals surface area contributed by atoms with Crippen molar-refractivity contribution in [2.75, 3.05) is 51.6 Å². The molecule has 2 aliphatic rings.